The molecule has 0 N–H and O–H groups in total. The maximum atomic E-state index is 2.60. The minimum Gasteiger partial charge on any atom is -0.309 e. The van der Waals surface area contributed by atoms with E-state index in [1.807, 2.05) is 11.3 Å². The van der Waals surface area contributed by atoms with Crippen LogP contribution in [0.4, 0.5) is 0 Å². The first-order valence-corrected chi connectivity index (χ1v) is 19.1. The molecule has 0 bridgehead atoms. The lowest BCUT2D eigenvalue weighted by Crippen LogP contribution is -2.33. The van der Waals surface area contributed by atoms with Gasteiger partial charge in [0.25, 0.3) is 0 Å². The summed E-state index contributed by atoms with van der Waals surface area (Å²) in [5, 5.41) is 10.5. The predicted molar refractivity (Wildman–Crippen MR) is 221 cm³/mol. The van der Waals surface area contributed by atoms with Crippen LogP contribution in [0, 0.1) is 0 Å². The van der Waals surface area contributed by atoms with Crippen molar-refractivity contribution in [1.29, 1.82) is 0 Å². The SMILES string of the molecule is CC1(C)CCC(C)(C)c2cc3c(cc21)c1cc2c4c5ccccc5ccc4n(-c4ccccc4)c2cc1n3-c1cccc2c1sc1ccccc12. The third-order valence-electron chi connectivity index (χ3n) is 12.2. The number of aromatic nitrogens is 2. The summed E-state index contributed by atoms with van der Waals surface area (Å²) in [7, 11) is 0. The van der Waals surface area contributed by atoms with Gasteiger partial charge in [0.15, 0.2) is 0 Å². The van der Waals surface area contributed by atoms with Crippen LogP contribution in [-0.2, 0) is 10.8 Å². The second-order valence-electron chi connectivity index (χ2n) is 16.0. The molecule has 3 heterocycles. The second-order valence-corrected chi connectivity index (χ2v) is 17.1. The number of rotatable bonds is 2. The Balaban J connectivity index is 1.37. The largest absolute Gasteiger partial charge is 0.309 e. The molecule has 0 spiro atoms. The van der Waals surface area contributed by atoms with Crippen molar-refractivity contribution in [3.8, 4) is 11.4 Å². The van der Waals surface area contributed by atoms with Crippen molar-refractivity contribution in [2.24, 2.45) is 0 Å². The highest BCUT2D eigenvalue weighted by Gasteiger charge is 2.38. The minimum absolute atomic E-state index is 0.105. The van der Waals surface area contributed by atoms with E-state index in [2.05, 4.69) is 170 Å². The zero-order chi connectivity index (χ0) is 34.2. The van der Waals surface area contributed by atoms with Crippen molar-refractivity contribution in [3.63, 3.8) is 0 Å². The van der Waals surface area contributed by atoms with Gasteiger partial charge >= 0.3 is 0 Å². The molecule has 3 heteroatoms. The minimum atomic E-state index is 0.105. The summed E-state index contributed by atoms with van der Waals surface area (Å²) in [6, 6.07) is 50.3. The molecule has 0 radical (unpaired) electrons. The highest BCUT2D eigenvalue weighted by Crippen LogP contribution is 2.50. The third-order valence-corrected chi connectivity index (χ3v) is 13.4. The molecule has 246 valence electrons. The van der Waals surface area contributed by atoms with E-state index in [-0.39, 0.29) is 10.8 Å². The summed E-state index contributed by atoms with van der Waals surface area (Å²) >= 11 is 1.91. The van der Waals surface area contributed by atoms with Gasteiger partial charge in [-0.05, 0) is 100 Å². The zero-order valence-electron chi connectivity index (χ0n) is 29.4. The van der Waals surface area contributed by atoms with Gasteiger partial charge in [-0.2, -0.15) is 0 Å². The lowest BCUT2D eigenvalue weighted by molar-refractivity contribution is 0.332. The van der Waals surface area contributed by atoms with Crippen molar-refractivity contribution in [2.75, 3.05) is 0 Å². The lowest BCUT2D eigenvalue weighted by atomic mass is 9.63. The number of nitrogens with zero attached hydrogens (tertiary/aromatic N) is 2. The van der Waals surface area contributed by atoms with Crippen LogP contribution >= 0.6 is 11.3 Å². The molecule has 51 heavy (non-hydrogen) atoms. The third kappa shape index (κ3) is 3.98. The molecule has 0 aliphatic heterocycles. The number of fused-ring (bicyclic) bond motifs is 12. The molecule has 0 atom stereocenters. The molecular weight excluding hydrogens is 637 g/mol. The van der Waals surface area contributed by atoms with E-state index in [0.29, 0.717) is 0 Å². The quantitative estimate of drug-likeness (QED) is 0.173. The number of hydrogen-bond acceptors (Lipinski definition) is 1. The first kappa shape index (κ1) is 29.4. The maximum absolute atomic E-state index is 2.60. The Morgan fingerprint density at radius 3 is 1.94 bits per heavy atom. The van der Waals surface area contributed by atoms with E-state index in [9.17, 15) is 0 Å². The van der Waals surface area contributed by atoms with E-state index in [1.54, 1.807) is 0 Å². The average Bonchev–Trinajstić information content (AvgIpc) is 3.80. The van der Waals surface area contributed by atoms with Crippen molar-refractivity contribution in [2.45, 2.75) is 51.4 Å². The maximum Gasteiger partial charge on any atom is 0.0640 e. The molecule has 11 rings (SSSR count). The molecule has 0 amide bonds. The standard InChI is InChI=1S/C48H38N2S/c1-47(2)23-24-48(3,4)38-27-41-35(26-37(38)47)34-25-36-43(28-42(34)50(41)40-19-12-18-33-32-17-10-11-20-44(32)51-46(33)40)49(30-14-6-5-7-15-30)39-22-21-29-13-8-9-16-31(29)45(36)39/h5-22,25-28H,23-24H2,1-4H3. The molecule has 1 aliphatic carbocycles. The normalized spacial score (nSPS) is 15.6. The van der Waals surface area contributed by atoms with Crippen LogP contribution in [0.15, 0.2) is 133 Å². The van der Waals surface area contributed by atoms with E-state index < -0.39 is 0 Å². The van der Waals surface area contributed by atoms with Crippen LogP contribution in [-0.4, -0.2) is 9.13 Å². The van der Waals surface area contributed by atoms with Gasteiger partial charge < -0.3 is 9.13 Å². The van der Waals surface area contributed by atoms with Crippen LogP contribution in [0.1, 0.15) is 51.7 Å². The second kappa shape index (κ2) is 10.1. The van der Waals surface area contributed by atoms with E-state index in [1.165, 1.54) is 110 Å². The van der Waals surface area contributed by atoms with Crippen LogP contribution in [0.25, 0.3) is 85.9 Å². The van der Waals surface area contributed by atoms with Crippen molar-refractivity contribution < 1.29 is 0 Å². The fraction of sp³-hybridized carbons (Fsp3) is 0.167. The molecule has 0 saturated carbocycles. The van der Waals surface area contributed by atoms with Crippen LogP contribution < -0.4 is 0 Å². The summed E-state index contributed by atoms with van der Waals surface area (Å²) in [6.45, 7) is 9.78. The first-order chi connectivity index (χ1) is 24.8. The smallest absolute Gasteiger partial charge is 0.0640 e. The Morgan fingerprint density at radius 1 is 0.471 bits per heavy atom. The molecule has 3 aromatic heterocycles. The molecule has 0 unspecified atom stereocenters. The molecule has 0 fully saturated rings. The monoisotopic (exact) mass is 674 g/mol. The van der Waals surface area contributed by atoms with E-state index in [0.717, 1.165) is 0 Å². The lowest BCUT2D eigenvalue weighted by Gasteiger charge is -2.42. The number of benzene rings is 7. The number of hydrogen-bond donors (Lipinski definition) is 0. The van der Waals surface area contributed by atoms with Gasteiger partial charge in [0, 0.05) is 42.7 Å². The molecule has 7 aromatic carbocycles. The van der Waals surface area contributed by atoms with Crippen LogP contribution in [0.3, 0.4) is 0 Å². The Kier molecular flexibility index (Phi) is 5.82. The summed E-state index contributed by atoms with van der Waals surface area (Å²) in [5.41, 5.74) is 10.7. The molecule has 0 saturated heterocycles. The molecular formula is C48H38N2S. The average molecular weight is 675 g/mol. The highest BCUT2D eigenvalue weighted by molar-refractivity contribution is 7.26. The van der Waals surface area contributed by atoms with Gasteiger partial charge in [0.05, 0.1) is 32.5 Å². The predicted octanol–water partition coefficient (Wildman–Crippen LogP) is 13.8. The van der Waals surface area contributed by atoms with Gasteiger partial charge in [-0.15, -0.1) is 11.3 Å². The summed E-state index contributed by atoms with van der Waals surface area (Å²) in [6.07, 6.45) is 2.38. The fourth-order valence-corrected chi connectivity index (χ4v) is 10.6. The van der Waals surface area contributed by atoms with Gasteiger partial charge in [0.1, 0.15) is 0 Å². The number of thiophene rings is 1. The number of para-hydroxylation sites is 1. The van der Waals surface area contributed by atoms with Crippen LogP contribution in [0.5, 0.6) is 0 Å². The van der Waals surface area contributed by atoms with Crippen molar-refractivity contribution >= 4 is 85.9 Å². The summed E-state index contributed by atoms with van der Waals surface area (Å²) < 4.78 is 7.75. The summed E-state index contributed by atoms with van der Waals surface area (Å²) in [4.78, 5) is 0. The zero-order valence-corrected chi connectivity index (χ0v) is 30.2. The molecule has 10 aromatic rings. The van der Waals surface area contributed by atoms with Gasteiger partial charge in [-0.25, -0.2) is 0 Å². The Hall–Kier alpha value is -5.38. The first-order valence-electron chi connectivity index (χ1n) is 18.2. The van der Waals surface area contributed by atoms with E-state index in [4.69, 9.17) is 0 Å². The molecule has 1 aliphatic rings. The summed E-state index contributed by atoms with van der Waals surface area (Å²) in [5.74, 6) is 0. The Labute approximate surface area is 301 Å². The highest BCUT2D eigenvalue weighted by atomic mass is 32.1. The topological polar surface area (TPSA) is 9.86 Å². The fourth-order valence-electron chi connectivity index (χ4n) is 9.38. The molecule has 2 nitrogen and oxygen atoms in total. The van der Waals surface area contributed by atoms with Gasteiger partial charge in [0.2, 0.25) is 0 Å². The van der Waals surface area contributed by atoms with Crippen molar-refractivity contribution in [1.82, 2.24) is 9.13 Å². The van der Waals surface area contributed by atoms with Gasteiger partial charge in [-0.3, -0.25) is 0 Å². The van der Waals surface area contributed by atoms with Gasteiger partial charge in [-0.1, -0.05) is 107 Å². The Morgan fingerprint density at radius 2 is 1.12 bits per heavy atom. The van der Waals surface area contributed by atoms with Crippen molar-refractivity contribution in [3.05, 3.63) is 145 Å². The Bertz CT molecular complexity index is 3080. The van der Waals surface area contributed by atoms with Crippen LogP contribution in [0.2, 0.25) is 0 Å². The van der Waals surface area contributed by atoms with E-state index >= 15 is 0 Å².